The summed E-state index contributed by atoms with van der Waals surface area (Å²) in [4.78, 5) is 20.5. The summed E-state index contributed by atoms with van der Waals surface area (Å²) in [6.45, 7) is 2.27. The van der Waals surface area contributed by atoms with Gasteiger partial charge in [0.2, 0.25) is 0 Å². The molecule has 0 radical (unpaired) electrons. The van der Waals surface area contributed by atoms with E-state index in [9.17, 15) is 9.18 Å². The molecule has 6 heteroatoms. The van der Waals surface area contributed by atoms with Crippen LogP contribution < -0.4 is 4.90 Å². The molecule has 1 aromatic heterocycles. The van der Waals surface area contributed by atoms with Gasteiger partial charge >= 0.3 is 0 Å². The minimum absolute atomic E-state index is 0.0507. The SMILES string of the molecule is CCN(c1ccccc1F)c1ncnc(Cl)c1C=O. The summed E-state index contributed by atoms with van der Waals surface area (Å²) >= 11 is 5.86. The van der Waals surface area contributed by atoms with E-state index < -0.39 is 5.82 Å². The summed E-state index contributed by atoms with van der Waals surface area (Å²) in [5.41, 5.74) is 0.483. The topological polar surface area (TPSA) is 46.1 Å². The molecule has 1 aromatic carbocycles. The van der Waals surface area contributed by atoms with Crippen molar-refractivity contribution in [2.45, 2.75) is 6.92 Å². The average Bonchev–Trinajstić information content (AvgIpc) is 2.42. The first-order valence-electron chi connectivity index (χ1n) is 5.66. The summed E-state index contributed by atoms with van der Waals surface area (Å²) in [5.74, 6) is -0.0986. The van der Waals surface area contributed by atoms with E-state index in [-0.39, 0.29) is 10.7 Å². The molecule has 0 amide bonds. The maximum absolute atomic E-state index is 13.8. The van der Waals surface area contributed by atoms with E-state index in [2.05, 4.69) is 9.97 Å². The molecule has 0 fully saturated rings. The Hall–Kier alpha value is -2.01. The lowest BCUT2D eigenvalue weighted by molar-refractivity contribution is 0.112. The van der Waals surface area contributed by atoms with Gasteiger partial charge in [0.15, 0.2) is 6.29 Å². The Bertz CT molecular complexity index is 606. The highest BCUT2D eigenvalue weighted by molar-refractivity contribution is 6.32. The van der Waals surface area contributed by atoms with Gasteiger partial charge in [0.05, 0.1) is 11.3 Å². The normalized spacial score (nSPS) is 10.3. The molecule has 0 N–H and O–H groups in total. The number of hydrogen-bond acceptors (Lipinski definition) is 4. The Morgan fingerprint density at radius 3 is 2.74 bits per heavy atom. The lowest BCUT2D eigenvalue weighted by Crippen LogP contribution is -2.20. The number of benzene rings is 1. The molecular formula is C13H11ClFN3O. The van der Waals surface area contributed by atoms with E-state index in [1.165, 1.54) is 12.4 Å². The molecule has 98 valence electrons. The van der Waals surface area contributed by atoms with Crippen LogP contribution in [0.2, 0.25) is 5.15 Å². The zero-order valence-corrected chi connectivity index (χ0v) is 10.9. The van der Waals surface area contributed by atoms with Crippen molar-refractivity contribution in [3.8, 4) is 0 Å². The Labute approximate surface area is 114 Å². The van der Waals surface area contributed by atoms with E-state index in [4.69, 9.17) is 11.6 Å². The van der Waals surface area contributed by atoms with E-state index in [1.54, 1.807) is 23.1 Å². The van der Waals surface area contributed by atoms with Gasteiger partial charge in [0.1, 0.15) is 23.1 Å². The Balaban J connectivity index is 2.58. The molecular weight excluding hydrogens is 269 g/mol. The molecule has 0 saturated heterocycles. The van der Waals surface area contributed by atoms with Crippen molar-refractivity contribution in [1.82, 2.24) is 9.97 Å². The lowest BCUT2D eigenvalue weighted by atomic mass is 10.2. The number of halogens is 2. The van der Waals surface area contributed by atoms with Crippen molar-refractivity contribution >= 4 is 29.4 Å². The number of nitrogens with zero attached hydrogens (tertiary/aromatic N) is 3. The average molecular weight is 280 g/mol. The number of aromatic nitrogens is 2. The third kappa shape index (κ3) is 2.56. The van der Waals surface area contributed by atoms with Crippen molar-refractivity contribution in [2.24, 2.45) is 0 Å². The maximum atomic E-state index is 13.8. The highest BCUT2D eigenvalue weighted by Gasteiger charge is 2.18. The molecule has 0 saturated carbocycles. The number of carbonyl (C=O) groups is 1. The third-order valence-corrected chi connectivity index (χ3v) is 2.95. The van der Waals surface area contributed by atoms with Crippen LogP contribution in [-0.4, -0.2) is 22.8 Å². The molecule has 0 spiro atoms. The van der Waals surface area contributed by atoms with Crippen LogP contribution in [0.15, 0.2) is 30.6 Å². The molecule has 0 aliphatic rings. The van der Waals surface area contributed by atoms with Gasteiger partial charge in [-0.15, -0.1) is 0 Å². The van der Waals surface area contributed by atoms with Crippen LogP contribution in [0.5, 0.6) is 0 Å². The van der Waals surface area contributed by atoms with E-state index >= 15 is 0 Å². The van der Waals surface area contributed by atoms with Crippen molar-refractivity contribution in [2.75, 3.05) is 11.4 Å². The van der Waals surface area contributed by atoms with Crippen LogP contribution in [0, 0.1) is 5.82 Å². The second-order valence-electron chi connectivity index (χ2n) is 3.72. The quantitative estimate of drug-likeness (QED) is 0.637. The highest BCUT2D eigenvalue weighted by atomic mass is 35.5. The molecule has 2 rings (SSSR count). The molecule has 0 aliphatic heterocycles. The molecule has 0 unspecified atom stereocenters. The summed E-state index contributed by atoms with van der Waals surface area (Å²) in [6, 6.07) is 6.27. The fraction of sp³-hybridized carbons (Fsp3) is 0.154. The smallest absolute Gasteiger partial charge is 0.156 e. The van der Waals surface area contributed by atoms with Crippen molar-refractivity contribution in [3.05, 3.63) is 47.1 Å². The van der Waals surface area contributed by atoms with Gasteiger partial charge in [-0.1, -0.05) is 23.7 Å². The van der Waals surface area contributed by atoms with Crippen molar-refractivity contribution in [1.29, 1.82) is 0 Å². The third-order valence-electron chi connectivity index (χ3n) is 2.65. The second kappa shape index (κ2) is 5.75. The van der Waals surface area contributed by atoms with E-state index in [0.717, 1.165) is 0 Å². The highest BCUT2D eigenvalue weighted by Crippen LogP contribution is 2.29. The standard InChI is InChI=1S/C13H11ClFN3O/c1-2-18(11-6-4-3-5-10(11)15)13-9(7-19)12(14)16-8-17-13/h3-8H,2H2,1H3. The molecule has 4 nitrogen and oxygen atoms in total. The van der Waals surface area contributed by atoms with Gasteiger partial charge in [0, 0.05) is 6.54 Å². The molecule has 0 bridgehead atoms. The van der Waals surface area contributed by atoms with E-state index in [1.807, 2.05) is 6.92 Å². The first-order chi connectivity index (χ1) is 9.19. The monoisotopic (exact) mass is 279 g/mol. The minimum atomic E-state index is -0.393. The van der Waals surface area contributed by atoms with Crippen LogP contribution in [0.4, 0.5) is 15.9 Å². The number of aldehydes is 1. The lowest BCUT2D eigenvalue weighted by Gasteiger charge is -2.23. The van der Waals surface area contributed by atoms with Crippen LogP contribution in [0.25, 0.3) is 0 Å². The number of para-hydroxylation sites is 1. The minimum Gasteiger partial charge on any atom is -0.323 e. The fourth-order valence-electron chi connectivity index (χ4n) is 1.79. The Kier molecular flexibility index (Phi) is 4.06. The van der Waals surface area contributed by atoms with Crippen molar-refractivity contribution in [3.63, 3.8) is 0 Å². The molecule has 1 heterocycles. The van der Waals surface area contributed by atoms with Crippen LogP contribution in [-0.2, 0) is 0 Å². The second-order valence-corrected chi connectivity index (χ2v) is 4.07. The first-order valence-corrected chi connectivity index (χ1v) is 6.04. The van der Waals surface area contributed by atoms with E-state index in [0.29, 0.717) is 24.3 Å². The van der Waals surface area contributed by atoms with Crippen LogP contribution >= 0.6 is 11.6 Å². The van der Waals surface area contributed by atoms with Gasteiger partial charge in [-0.2, -0.15) is 0 Å². The largest absolute Gasteiger partial charge is 0.323 e. The molecule has 0 atom stereocenters. The number of hydrogen-bond donors (Lipinski definition) is 0. The maximum Gasteiger partial charge on any atom is 0.156 e. The first kappa shape index (κ1) is 13.4. The summed E-state index contributed by atoms with van der Waals surface area (Å²) in [5, 5.41) is 0.0507. The number of anilines is 2. The predicted molar refractivity (Wildman–Crippen MR) is 71.5 cm³/mol. The summed E-state index contributed by atoms with van der Waals surface area (Å²) in [6.07, 6.45) is 1.81. The van der Waals surface area contributed by atoms with Gasteiger partial charge in [-0.25, -0.2) is 14.4 Å². The Morgan fingerprint density at radius 2 is 2.11 bits per heavy atom. The Morgan fingerprint density at radius 1 is 1.37 bits per heavy atom. The summed E-state index contributed by atoms with van der Waals surface area (Å²) in [7, 11) is 0. The van der Waals surface area contributed by atoms with Gasteiger partial charge in [-0.3, -0.25) is 4.79 Å². The van der Waals surface area contributed by atoms with Gasteiger partial charge < -0.3 is 4.90 Å². The van der Waals surface area contributed by atoms with Crippen molar-refractivity contribution < 1.29 is 9.18 Å². The summed E-state index contributed by atoms with van der Waals surface area (Å²) < 4.78 is 13.8. The predicted octanol–water partition coefficient (Wildman–Crippen LogP) is 3.24. The van der Waals surface area contributed by atoms with Crippen LogP contribution in [0.1, 0.15) is 17.3 Å². The number of rotatable bonds is 4. The zero-order valence-electron chi connectivity index (χ0n) is 10.2. The fourth-order valence-corrected chi connectivity index (χ4v) is 1.96. The molecule has 2 aromatic rings. The van der Waals surface area contributed by atoms with Gasteiger partial charge in [-0.05, 0) is 19.1 Å². The van der Waals surface area contributed by atoms with Crippen LogP contribution in [0.3, 0.4) is 0 Å². The molecule has 19 heavy (non-hydrogen) atoms. The zero-order chi connectivity index (χ0) is 13.8. The number of carbonyl (C=O) groups excluding carboxylic acids is 1. The van der Waals surface area contributed by atoms with Gasteiger partial charge in [0.25, 0.3) is 0 Å². The molecule has 0 aliphatic carbocycles.